The van der Waals surface area contributed by atoms with Crippen molar-refractivity contribution in [2.75, 3.05) is 25.4 Å². The SMILES string of the molecule is CCN(CC)[C@@H](C)C(=O)NC[C@H](C(=O)NCc1cnc(N)s1)c1ccc(Cl)c(Cl)c1. The van der Waals surface area contributed by atoms with Gasteiger partial charge in [-0.2, -0.15) is 0 Å². The third-order valence-corrected chi connectivity index (χ3v) is 6.46. The van der Waals surface area contributed by atoms with Crippen LogP contribution in [-0.2, 0) is 16.1 Å². The van der Waals surface area contributed by atoms with Gasteiger partial charge < -0.3 is 16.4 Å². The van der Waals surface area contributed by atoms with Gasteiger partial charge in [0.25, 0.3) is 0 Å². The van der Waals surface area contributed by atoms with Crippen LogP contribution in [0.15, 0.2) is 24.4 Å². The summed E-state index contributed by atoms with van der Waals surface area (Å²) in [5.74, 6) is -0.999. The first-order chi connectivity index (χ1) is 14.3. The van der Waals surface area contributed by atoms with Gasteiger partial charge >= 0.3 is 0 Å². The molecule has 7 nitrogen and oxygen atoms in total. The van der Waals surface area contributed by atoms with Crippen molar-refractivity contribution in [1.82, 2.24) is 20.5 Å². The zero-order valence-electron chi connectivity index (χ0n) is 17.2. The van der Waals surface area contributed by atoms with Gasteiger partial charge in [-0.3, -0.25) is 14.5 Å². The predicted octanol–water partition coefficient (Wildman–Crippen LogP) is 3.28. The Labute approximate surface area is 190 Å². The molecule has 0 bridgehead atoms. The highest BCUT2D eigenvalue weighted by atomic mass is 35.5. The minimum Gasteiger partial charge on any atom is -0.375 e. The minimum absolute atomic E-state index is 0.133. The van der Waals surface area contributed by atoms with Crippen molar-refractivity contribution in [1.29, 1.82) is 0 Å². The van der Waals surface area contributed by atoms with Crippen LogP contribution in [0.25, 0.3) is 0 Å². The Kier molecular flexibility index (Phi) is 9.36. The minimum atomic E-state index is -0.627. The summed E-state index contributed by atoms with van der Waals surface area (Å²) in [6.07, 6.45) is 1.63. The molecular formula is C20H27Cl2N5O2S. The summed E-state index contributed by atoms with van der Waals surface area (Å²) in [6.45, 7) is 7.83. The molecule has 10 heteroatoms. The number of halogens is 2. The molecule has 0 aliphatic rings. The number of hydrogen-bond acceptors (Lipinski definition) is 6. The monoisotopic (exact) mass is 471 g/mol. The normalized spacial score (nSPS) is 13.1. The summed E-state index contributed by atoms with van der Waals surface area (Å²) in [5.41, 5.74) is 6.31. The smallest absolute Gasteiger partial charge is 0.237 e. The second-order valence-electron chi connectivity index (χ2n) is 6.75. The Balaban J connectivity index is 2.13. The highest BCUT2D eigenvalue weighted by molar-refractivity contribution is 7.15. The molecule has 0 aliphatic heterocycles. The van der Waals surface area contributed by atoms with Gasteiger partial charge in [0.05, 0.1) is 28.5 Å². The Morgan fingerprint density at radius 3 is 2.43 bits per heavy atom. The predicted molar refractivity (Wildman–Crippen MR) is 123 cm³/mol. The van der Waals surface area contributed by atoms with Gasteiger partial charge in [0.2, 0.25) is 11.8 Å². The van der Waals surface area contributed by atoms with Gasteiger partial charge in [-0.05, 0) is 37.7 Å². The Morgan fingerprint density at radius 2 is 1.87 bits per heavy atom. The maximum absolute atomic E-state index is 13.0. The van der Waals surface area contributed by atoms with E-state index in [1.165, 1.54) is 11.3 Å². The molecule has 0 saturated carbocycles. The Bertz CT molecular complexity index is 873. The summed E-state index contributed by atoms with van der Waals surface area (Å²) in [5, 5.41) is 6.98. The highest BCUT2D eigenvalue weighted by Gasteiger charge is 2.25. The van der Waals surface area contributed by atoms with E-state index in [1.807, 2.05) is 25.7 Å². The zero-order chi connectivity index (χ0) is 22.3. The number of likely N-dealkylation sites (N-methyl/N-ethyl adjacent to an activating group) is 1. The van der Waals surface area contributed by atoms with Crippen molar-refractivity contribution in [2.45, 2.75) is 39.3 Å². The van der Waals surface area contributed by atoms with Crippen LogP contribution in [0.4, 0.5) is 5.13 Å². The summed E-state index contributed by atoms with van der Waals surface area (Å²) in [4.78, 5) is 32.4. The number of nitrogen functional groups attached to an aromatic ring is 1. The first kappa shape index (κ1) is 24.4. The molecule has 1 heterocycles. The molecule has 0 spiro atoms. The number of benzene rings is 1. The molecular weight excluding hydrogens is 445 g/mol. The van der Waals surface area contributed by atoms with E-state index in [4.69, 9.17) is 28.9 Å². The van der Waals surface area contributed by atoms with Crippen LogP contribution in [-0.4, -0.2) is 47.4 Å². The molecule has 2 atom stereocenters. The van der Waals surface area contributed by atoms with Crippen LogP contribution in [0.2, 0.25) is 10.0 Å². The molecule has 2 amide bonds. The zero-order valence-corrected chi connectivity index (χ0v) is 19.6. The largest absolute Gasteiger partial charge is 0.375 e. The lowest BCUT2D eigenvalue weighted by molar-refractivity contribution is -0.126. The van der Waals surface area contributed by atoms with E-state index >= 15 is 0 Å². The van der Waals surface area contributed by atoms with Crippen LogP contribution >= 0.6 is 34.5 Å². The second kappa shape index (κ2) is 11.5. The molecule has 0 radical (unpaired) electrons. The van der Waals surface area contributed by atoms with Crippen LogP contribution in [0.3, 0.4) is 0 Å². The van der Waals surface area contributed by atoms with Crippen molar-refractivity contribution in [2.24, 2.45) is 0 Å². The Morgan fingerprint density at radius 1 is 1.17 bits per heavy atom. The molecule has 0 aliphatic carbocycles. The first-order valence-electron chi connectivity index (χ1n) is 9.71. The topological polar surface area (TPSA) is 100 Å². The molecule has 2 aromatic rings. The maximum Gasteiger partial charge on any atom is 0.237 e. The molecule has 164 valence electrons. The van der Waals surface area contributed by atoms with Crippen molar-refractivity contribution >= 4 is 51.5 Å². The van der Waals surface area contributed by atoms with E-state index < -0.39 is 5.92 Å². The van der Waals surface area contributed by atoms with E-state index in [1.54, 1.807) is 24.4 Å². The number of nitrogens with two attached hydrogens (primary N) is 1. The summed E-state index contributed by atoms with van der Waals surface area (Å²) in [6, 6.07) is 4.74. The van der Waals surface area contributed by atoms with Crippen LogP contribution < -0.4 is 16.4 Å². The van der Waals surface area contributed by atoms with Crippen molar-refractivity contribution < 1.29 is 9.59 Å². The van der Waals surface area contributed by atoms with Crippen LogP contribution in [0.1, 0.15) is 37.1 Å². The number of nitrogens with one attached hydrogen (secondary N) is 2. The molecule has 30 heavy (non-hydrogen) atoms. The van der Waals surface area contributed by atoms with Crippen LogP contribution in [0, 0.1) is 0 Å². The molecule has 1 aromatic carbocycles. The number of rotatable bonds is 10. The van der Waals surface area contributed by atoms with Gasteiger partial charge in [-0.1, -0.05) is 43.1 Å². The standard InChI is InChI=1S/C20H27Cl2N5O2S/c1-4-27(5-2)12(3)18(28)25-11-15(13-6-7-16(21)17(22)8-13)19(29)24-9-14-10-26-20(23)30-14/h6-8,10,12,15H,4-5,9,11H2,1-3H3,(H2,23,26)(H,24,29)(H,25,28)/t12-,15-/m0/s1. The molecule has 0 unspecified atom stereocenters. The first-order valence-corrected chi connectivity index (χ1v) is 11.3. The third-order valence-electron chi connectivity index (χ3n) is 4.89. The average molecular weight is 472 g/mol. The second-order valence-corrected chi connectivity index (χ2v) is 8.71. The number of thiazole rings is 1. The average Bonchev–Trinajstić information content (AvgIpc) is 3.14. The summed E-state index contributed by atoms with van der Waals surface area (Å²) in [7, 11) is 0. The Hall–Kier alpha value is -1.87. The quantitative estimate of drug-likeness (QED) is 0.493. The fraction of sp³-hybridized carbons (Fsp3) is 0.450. The molecule has 0 fully saturated rings. The van der Waals surface area contributed by atoms with Crippen molar-refractivity contribution in [3.8, 4) is 0 Å². The summed E-state index contributed by atoms with van der Waals surface area (Å²) < 4.78 is 0. The number of carbonyl (C=O) groups is 2. The fourth-order valence-electron chi connectivity index (χ4n) is 3.08. The van der Waals surface area contributed by atoms with Gasteiger partial charge in [-0.25, -0.2) is 4.98 Å². The fourth-order valence-corrected chi connectivity index (χ4v) is 4.01. The molecule has 0 saturated heterocycles. The van der Waals surface area contributed by atoms with Crippen molar-refractivity contribution in [3.63, 3.8) is 0 Å². The van der Waals surface area contributed by atoms with E-state index in [-0.39, 0.29) is 24.4 Å². The molecule has 4 N–H and O–H groups in total. The summed E-state index contributed by atoms with van der Waals surface area (Å²) >= 11 is 13.5. The van der Waals surface area contributed by atoms with Gasteiger partial charge in [0, 0.05) is 17.6 Å². The van der Waals surface area contributed by atoms with Gasteiger partial charge in [-0.15, -0.1) is 11.3 Å². The van der Waals surface area contributed by atoms with Gasteiger partial charge in [0.15, 0.2) is 5.13 Å². The lowest BCUT2D eigenvalue weighted by Gasteiger charge is -2.26. The van der Waals surface area contributed by atoms with E-state index in [0.29, 0.717) is 27.3 Å². The van der Waals surface area contributed by atoms with Gasteiger partial charge in [0.1, 0.15) is 0 Å². The number of aromatic nitrogens is 1. The van der Waals surface area contributed by atoms with E-state index in [9.17, 15) is 9.59 Å². The van der Waals surface area contributed by atoms with E-state index in [2.05, 4.69) is 15.6 Å². The number of nitrogens with zero attached hydrogens (tertiary/aromatic N) is 2. The number of carbonyl (C=O) groups excluding carboxylic acids is 2. The number of hydrogen-bond donors (Lipinski definition) is 3. The lowest BCUT2D eigenvalue weighted by atomic mass is 9.97. The maximum atomic E-state index is 13.0. The van der Waals surface area contributed by atoms with E-state index in [0.717, 1.165) is 18.0 Å². The third kappa shape index (κ3) is 6.57. The van der Waals surface area contributed by atoms with Crippen molar-refractivity contribution in [3.05, 3.63) is 44.9 Å². The number of amides is 2. The number of anilines is 1. The lowest BCUT2D eigenvalue weighted by Crippen LogP contribution is -2.47. The highest BCUT2D eigenvalue weighted by Crippen LogP contribution is 2.27. The molecule has 2 rings (SSSR count). The van der Waals surface area contributed by atoms with Crippen LogP contribution in [0.5, 0.6) is 0 Å². The molecule has 1 aromatic heterocycles.